The number of carbonyl (C=O) groups excluding carboxylic acids is 3. The van der Waals surface area contributed by atoms with Crippen LogP contribution < -0.4 is 5.32 Å². The monoisotopic (exact) mass is 399 g/mol. The SMILES string of the molecule is CC(C)C(NC(=O)CN1C(=O)c2ccc([N+](=O)[O-])cc2C1=O)c1ccc(F)cc1. The van der Waals surface area contributed by atoms with Gasteiger partial charge in [0.1, 0.15) is 12.4 Å². The molecule has 8 nitrogen and oxygen atoms in total. The maximum atomic E-state index is 13.2. The molecule has 0 radical (unpaired) electrons. The Balaban J connectivity index is 1.76. The van der Waals surface area contributed by atoms with Crippen LogP contribution in [0.5, 0.6) is 0 Å². The molecule has 9 heteroatoms. The van der Waals surface area contributed by atoms with Gasteiger partial charge in [-0.05, 0) is 29.7 Å². The summed E-state index contributed by atoms with van der Waals surface area (Å²) in [6.07, 6.45) is 0. The molecule has 150 valence electrons. The summed E-state index contributed by atoms with van der Waals surface area (Å²) in [4.78, 5) is 48.5. The Bertz CT molecular complexity index is 1000. The third kappa shape index (κ3) is 3.98. The molecule has 1 N–H and O–H groups in total. The Morgan fingerprint density at radius 3 is 2.31 bits per heavy atom. The maximum Gasteiger partial charge on any atom is 0.270 e. The van der Waals surface area contributed by atoms with Gasteiger partial charge in [-0.2, -0.15) is 0 Å². The molecule has 0 saturated carbocycles. The molecule has 1 heterocycles. The van der Waals surface area contributed by atoms with E-state index in [1.807, 2.05) is 13.8 Å². The molecule has 0 saturated heterocycles. The van der Waals surface area contributed by atoms with Crippen LogP contribution in [0.1, 0.15) is 46.2 Å². The number of carbonyl (C=O) groups is 3. The fraction of sp³-hybridized carbons (Fsp3) is 0.250. The molecule has 0 aromatic heterocycles. The number of non-ortho nitro benzene ring substituents is 1. The van der Waals surface area contributed by atoms with E-state index in [4.69, 9.17) is 0 Å². The van der Waals surface area contributed by atoms with E-state index in [1.165, 1.54) is 18.2 Å². The number of halogens is 1. The summed E-state index contributed by atoms with van der Waals surface area (Å²) in [6.45, 7) is 3.22. The lowest BCUT2D eigenvalue weighted by molar-refractivity contribution is -0.384. The average Bonchev–Trinajstić information content (AvgIpc) is 2.91. The third-order valence-electron chi connectivity index (χ3n) is 4.68. The minimum absolute atomic E-state index is 0.0207. The fourth-order valence-corrected chi connectivity index (χ4v) is 3.20. The van der Waals surface area contributed by atoms with Gasteiger partial charge in [-0.3, -0.25) is 29.4 Å². The Hall–Kier alpha value is -3.62. The van der Waals surface area contributed by atoms with E-state index in [9.17, 15) is 28.9 Å². The normalized spacial score (nSPS) is 14.1. The summed E-state index contributed by atoms with van der Waals surface area (Å²) in [7, 11) is 0. The lowest BCUT2D eigenvalue weighted by Gasteiger charge is -2.24. The zero-order valence-electron chi connectivity index (χ0n) is 15.7. The largest absolute Gasteiger partial charge is 0.347 e. The Labute approximate surface area is 165 Å². The molecule has 0 bridgehead atoms. The fourth-order valence-electron chi connectivity index (χ4n) is 3.20. The lowest BCUT2D eigenvalue weighted by atomic mass is 9.96. The number of amides is 3. The molecule has 2 aromatic rings. The second kappa shape index (κ2) is 7.78. The van der Waals surface area contributed by atoms with Crippen molar-refractivity contribution in [3.05, 3.63) is 75.1 Å². The van der Waals surface area contributed by atoms with Crippen molar-refractivity contribution >= 4 is 23.4 Å². The first kappa shape index (κ1) is 20.1. The minimum Gasteiger partial charge on any atom is -0.347 e. The second-order valence-electron chi connectivity index (χ2n) is 7.02. The van der Waals surface area contributed by atoms with Crippen molar-refractivity contribution in [1.29, 1.82) is 0 Å². The number of nitro groups is 1. The number of nitrogens with one attached hydrogen (secondary N) is 1. The number of nitro benzene ring substituents is 1. The van der Waals surface area contributed by atoms with Crippen molar-refractivity contribution in [2.45, 2.75) is 19.9 Å². The van der Waals surface area contributed by atoms with Crippen molar-refractivity contribution in [3.63, 3.8) is 0 Å². The molecule has 2 aromatic carbocycles. The van der Waals surface area contributed by atoms with Crippen molar-refractivity contribution in [1.82, 2.24) is 10.2 Å². The zero-order chi connectivity index (χ0) is 21.3. The van der Waals surface area contributed by atoms with E-state index >= 15 is 0 Å². The Morgan fingerprint density at radius 2 is 1.72 bits per heavy atom. The van der Waals surface area contributed by atoms with Crippen LogP contribution in [0.4, 0.5) is 10.1 Å². The molecule has 1 unspecified atom stereocenters. The third-order valence-corrected chi connectivity index (χ3v) is 4.68. The molecular formula is C20H18FN3O5. The van der Waals surface area contributed by atoms with Crippen molar-refractivity contribution in [2.75, 3.05) is 6.54 Å². The topological polar surface area (TPSA) is 110 Å². The minimum atomic E-state index is -0.758. The molecule has 3 amide bonds. The maximum absolute atomic E-state index is 13.2. The highest BCUT2D eigenvalue weighted by Gasteiger charge is 2.38. The van der Waals surface area contributed by atoms with Crippen LogP contribution in [0.3, 0.4) is 0 Å². The highest BCUT2D eigenvalue weighted by molar-refractivity contribution is 6.22. The summed E-state index contributed by atoms with van der Waals surface area (Å²) >= 11 is 0. The van der Waals surface area contributed by atoms with Gasteiger partial charge in [-0.1, -0.05) is 26.0 Å². The van der Waals surface area contributed by atoms with Gasteiger partial charge in [-0.25, -0.2) is 4.39 Å². The molecule has 0 spiro atoms. The average molecular weight is 399 g/mol. The quantitative estimate of drug-likeness (QED) is 0.456. The standard InChI is InChI=1S/C20H18FN3O5/c1-11(2)18(12-3-5-13(21)6-4-12)22-17(25)10-23-19(26)15-8-7-14(24(28)29)9-16(15)20(23)27/h3-9,11,18H,10H2,1-2H3,(H,22,25). The molecule has 3 rings (SSSR count). The number of hydrogen-bond donors (Lipinski definition) is 1. The highest BCUT2D eigenvalue weighted by atomic mass is 19.1. The smallest absolute Gasteiger partial charge is 0.270 e. The molecule has 1 atom stereocenters. The van der Waals surface area contributed by atoms with Crippen molar-refractivity contribution in [3.8, 4) is 0 Å². The first-order valence-electron chi connectivity index (χ1n) is 8.88. The van der Waals surface area contributed by atoms with E-state index in [1.54, 1.807) is 12.1 Å². The molecule has 0 fully saturated rings. The van der Waals surface area contributed by atoms with Crippen molar-refractivity contribution < 1.29 is 23.7 Å². The van der Waals surface area contributed by atoms with Gasteiger partial charge in [0.15, 0.2) is 0 Å². The van der Waals surface area contributed by atoms with Crippen LogP contribution in [0.15, 0.2) is 42.5 Å². The predicted molar refractivity (Wildman–Crippen MR) is 101 cm³/mol. The van der Waals surface area contributed by atoms with Gasteiger partial charge in [0, 0.05) is 12.1 Å². The van der Waals surface area contributed by atoms with Crippen LogP contribution >= 0.6 is 0 Å². The van der Waals surface area contributed by atoms with Crippen LogP contribution in [0.25, 0.3) is 0 Å². The van der Waals surface area contributed by atoms with Gasteiger partial charge in [0.2, 0.25) is 5.91 Å². The van der Waals surface area contributed by atoms with Gasteiger partial charge >= 0.3 is 0 Å². The molecule has 0 aliphatic carbocycles. The Kier molecular flexibility index (Phi) is 5.40. The molecular weight excluding hydrogens is 381 g/mol. The van der Waals surface area contributed by atoms with Crippen molar-refractivity contribution in [2.24, 2.45) is 5.92 Å². The number of rotatable bonds is 6. The summed E-state index contributed by atoms with van der Waals surface area (Å²) in [5, 5.41) is 13.7. The van der Waals surface area contributed by atoms with E-state index in [-0.39, 0.29) is 22.7 Å². The first-order valence-corrected chi connectivity index (χ1v) is 8.88. The summed E-state index contributed by atoms with van der Waals surface area (Å²) < 4.78 is 13.2. The van der Waals surface area contributed by atoms with Crippen LogP contribution in [-0.2, 0) is 4.79 Å². The number of benzene rings is 2. The highest BCUT2D eigenvalue weighted by Crippen LogP contribution is 2.27. The molecule has 29 heavy (non-hydrogen) atoms. The predicted octanol–water partition coefficient (Wildman–Crippen LogP) is 2.84. The van der Waals surface area contributed by atoms with Gasteiger partial charge in [0.25, 0.3) is 17.5 Å². The number of imide groups is 1. The van der Waals surface area contributed by atoms with Crippen LogP contribution in [0, 0.1) is 21.8 Å². The number of fused-ring (bicyclic) bond motifs is 1. The Morgan fingerprint density at radius 1 is 1.10 bits per heavy atom. The van der Waals surface area contributed by atoms with Gasteiger partial charge in [0.05, 0.1) is 22.1 Å². The summed E-state index contributed by atoms with van der Waals surface area (Å²) in [6, 6.07) is 8.62. The number of hydrogen-bond acceptors (Lipinski definition) is 5. The van der Waals surface area contributed by atoms with E-state index in [0.29, 0.717) is 5.56 Å². The number of nitrogens with zero attached hydrogens (tertiary/aromatic N) is 2. The van der Waals surface area contributed by atoms with Gasteiger partial charge in [-0.15, -0.1) is 0 Å². The van der Waals surface area contributed by atoms with Crippen LogP contribution in [-0.4, -0.2) is 34.1 Å². The van der Waals surface area contributed by atoms with E-state index in [2.05, 4.69) is 5.32 Å². The molecule has 1 aliphatic heterocycles. The van der Waals surface area contributed by atoms with E-state index in [0.717, 1.165) is 17.0 Å². The van der Waals surface area contributed by atoms with Crippen LogP contribution in [0.2, 0.25) is 0 Å². The first-order chi connectivity index (χ1) is 13.7. The van der Waals surface area contributed by atoms with Gasteiger partial charge < -0.3 is 5.32 Å². The second-order valence-corrected chi connectivity index (χ2v) is 7.02. The lowest BCUT2D eigenvalue weighted by Crippen LogP contribution is -2.42. The molecule has 1 aliphatic rings. The van der Waals surface area contributed by atoms with E-state index < -0.39 is 41.0 Å². The summed E-state index contributed by atoms with van der Waals surface area (Å²) in [5.41, 5.74) is 0.295. The zero-order valence-corrected chi connectivity index (χ0v) is 15.7. The summed E-state index contributed by atoms with van der Waals surface area (Å²) in [5.74, 6) is -2.45.